The van der Waals surface area contributed by atoms with E-state index in [0.717, 1.165) is 30.7 Å². The van der Waals surface area contributed by atoms with E-state index in [1.807, 2.05) is 24.4 Å². The number of hydrogen-bond acceptors (Lipinski definition) is 3. The Morgan fingerprint density at radius 2 is 1.79 bits per heavy atom. The number of pyridine rings is 1. The highest BCUT2D eigenvalue weighted by Gasteiger charge is 2.15. The van der Waals surface area contributed by atoms with Gasteiger partial charge in [-0.3, -0.25) is 9.88 Å². The molecule has 0 unspecified atom stereocenters. The van der Waals surface area contributed by atoms with Gasteiger partial charge in [0.15, 0.2) is 5.96 Å². The molecule has 0 saturated carbocycles. The quantitative estimate of drug-likeness (QED) is 0.336. The van der Waals surface area contributed by atoms with Gasteiger partial charge in [0.25, 0.3) is 0 Å². The average Bonchev–Trinajstić information content (AvgIpc) is 2.73. The van der Waals surface area contributed by atoms with Gasteiger partial charge in [-0.1, -0.05) is 37.3 Å². The predicted molar refractivity (Wildman–Crippen MR) is 131 cm³/mol. The minimum atomic E-state index is 0. The van der Waals surface area contributed by atoms with Gasteiger partial charge in [0.2, 0.25) is 0 Å². The summed E-state index contributed by atoms with van der Waals surface area (Å²) in [6, 6.07) is 14.8. The Kier molecular flexibility index (Phi) is 10.4. The largest absolute Gasteiger partial charge is 0.357 e. The van der Waals surface area contributed by atoms with Gasteiger partial charge in [-0.15, -0.1) is 24.0 Å². The summed E-state index contributed by atoms with van der Waals surface area (Å²) in [6.45, 7) is 10.1. The minimum Gasteiger partial charge on any atom is -0.357 e. The Morgan fingerprint density at radius 3 is 2.45 bits per heavy atom. The fraction of sp³-hybridized carbons (Fsp3) is 0.478. The number of aromatic nitrogens is 1. The lowest BCUT2D eigenvalue weighted by atomic mass is 9.99. The topological polar surface area (TPSA) is 52.6 Å². The normalized spacial score (nSPS) is 15.6. The highest BCUT2D eigenvalue weighted by molar-refractivity contribution is 14.0. The van der Waals surface area contributed by atoms with Crippen molar-refractivity contribution in [1.82, 2.24) is 20.5 Å². The van der Waals surface area contributed by atoms with Crippen molar-refractivity contribution in [3.63, 3.8) is 0 Å². The second-order valence-electron chi connectivity index (χ2n) is 7.64. The first kappa shape index (κ1) is 23.6. The van der Waals surface area contributed by atoms with Crippen molar-refractivity contribution in [3.05, 3.63) is 65.5 Å². The van der Waals surface area contributed by atoms with E-state index in [0.29, 0.717) is 13.1 Å². The third-order valence-electron chi connectivity index (χ3n) is 5.23. The highest BCUT2D eigenvalue weighted by Crippen LogP contribution is 2.18. The Balaban J connectivity index is 0.00000300. The number of guanidine groups is 1. The number of aliphatic imine (C=N–C) groups is 1. The zero-order chi connectivity index (χ0) is 19.6. The number of nitrogens with one attached hydrogen (secondary N) is 2. The van der Waals surface area contributed by atoms with Crippen LogP contribution in [0.2, 0.25) is 0 Å². The first-order valence-corrected chi connectivity index (χ1v) is 10.4. The number of benzene rings is 1. The van der Waals surface area contributed by atoms with Crippen molar-refractivity contribution < 1.29 is 0 Å². The van der Waals surface area contributed by atoms with Gasteiger partial charge in [0.05, 0.1) is 18.8 Å². The zero-order valence-electron chi connectivity index (χ0n) is 17.6. The number of rotatable bonds is 7. The molecule has 158 valence electrons. The molecule has 1 aromatic carbocycles. The molecule has 2 aromatic rings. The maximum atomic E-state index is 4.71. The summed E-state index contributed by atoms with van der Waals surface area (Å²) in [5.74, 6) is 1.70. The Hall–Kier alpha value is -1.67. The molecule has 1 aliphatic heterocycles. The van der Waals surface area contributed by atoms with E-state index in [2.05, 4.69) is 58.6 Å². The van der Waals surface area contributed by atoms with Crippen molar-refractivity contribution in [2.75, 3.05) is 19.6 Å². The summed E-state index contributed by atoms with van der Waals surface area (Å²) in [7, 11) is 0. The van der Waals surface area contributed by atoms with Crippen LogP contribution >= 0.6 is 24.0 Å². The standard InChI is InChI=1S/C23H33N5.HI/c1-3-24-23(27-17-22-6-4-5-13-25-22)26-16-20-7-9-21(10-8-20)18-28-14-11-19(2)12-15-28;/h4-10,13,19H,3,11-12,14-18H2,1-2H3,(H2,24,26,27);1H. The molecule has 1 aliphatic rings. The third-order valence-corrected chi connectivity index (χ3v) is 5.23. The lowest BCUT2D eigenvalue weighted by Crippen LogP contribution is -2.37. The summed E-state index contributed by atoms with van der Waals surface area (Å²) in [4.78, 5) is 11.6. The van der Waals surface area contributed by atoms with Gasteiger partial charge >= 0.3 is 0 Å². The van der Waals surface area contributed by atoms with Gasteiger partial charge in [0, 0.05) is 19.3 Å². The Labute approximate surface area is 192 Å². The van der Waals surface area contributed by atoms with Crippen molar-refractivity contribution in [1.29, 1.82) is 0 Å². The molecule has 0 spiro atoms. The molecule has 1 aromatic heterocycles. The third kappa shape index (κ3) is 8.30. The van der Waals surface area contributed by atoms with E-state index in [-0.39, 0.29) is 24.0 Å². The zero-order valence-corrected chi connectivity index (χ0v) is 19.9. The van der Waals surface area contributed by atoms with Crippen LogP contribution in [0.3, 0.4) is 0 Å². The van der Waals surface area contributed by atoms with Crippen molar-refractivity contribution >= 4 is 29.9 Å². The van der Waals surface area contributed by atoms with Gasteiger partial charge < -0.3 is 10.6 Å². The maximum absolute atomic E-state index is 4.71. The second kappa shape index (κ2) is 12.8. The lowest BCUT2D eigenvalue weighted by Gasteiger charge is -2.30. The van der Waals surface area contributed by atoms with Crippen LogP contribution in [0.15, 0.2) is 53.7 Å². The summed E-state index contributed by atoms with van der Waals surface area (Å²) in [5.41, 5.74) is 3.62. The molecule has 1 saturated heterocycles. The molecule has 2 N–H and O–H groups in total. The molecule has 29 heavy (non-hydrogen) atoms. The smallest absolute Gasteiger partial charge is 0.191 e. The van der Waals surface area contributed by atoms with E-state index in [1.54, 1.807) is 0 Å². The SMILES string of the molecule is CCNC(=NCc1ccc(CN2CCC(C)CC2)cc1)NCc1ccccn1.I. The number of likely N-dealkylation sites (tertiary alicyclic amines) is 1. The number of halogens is 1. The second-order valence-corrected chi connectivity index (χ2v) is 7.64. The molecular weight excluding hydrogens is 473 g/mol. The molecule has 0 radical (unpaired) electrons. The van der Waals surface area contributed by atoms with Crippen LogP contribution in [-0.2, 0) is 19.6 Å². The van der Waals surface area contributed by atoms with Crippen LogP contribution in [-0.4, -0.2) is 35.5 Å². The average molecular weight is 507 g/mol. The minimum absolute atomic E-state index is 0. The van der Waals surface area contributed by atoms with Crippen molar-refractivity contribution in [2.45, 2.75) is 46.3 Å². The van der Waals surface area contributed by atoms with Crippen LogP contribution in [0.5, 0.6) is 0 Å². The van der Waals surface area contributed by atoms with Crippen LogP contribution in [0, 0.1) is 5.92 Å². The first-order chi connectivity index (χ1) is 13.7. The monoisotopic (exact) mass is 507 g/mol. The maximum Gasteiger partial charge on any atom is 0.191 e. The molecule has 1 fully saturated rings. The molecular formula is C23H34IN5. The Bertz CT molecular complexity index is 725. The van der Waals surface area contributed by atoms with Gasteiger partial charge in [-0.25, -0.2) is 4.99 Å². The van der Waals surface area contributed by atoms with E-state index < -0.39 is 0 Å². The van der Waals surface area contributed by atoms with E-state index in [4.69, 9.17) is 4.99 Å². The van der Waals surface area contributed by atoms with Gasteiger partial charge in [-0.05, 0) is 62.0 Å². The fourth-order valence-corrected chi connectivity index (χ4v) is 3.42. The molecule has 0 amide bonds. The lowest BCUT2D eigenvalue weighted by molar-refractivity contribution is 0.185. The van der Waals surface area contributed by atoms with Crippen LogP contribution in [0.1, 0.15) is 43.5 Å². The van der Waals surface area contributed by atoms with Gasteiger partial charge in [-0.2, -0.15) is 0 Å². The molecule has 2 heterocycles. The van der Waals surface area contributed by atoms with Crippen LogP contribution < -0.4 is 10.6 Å². The summed E-state index contributed by atoms with van der Waals surface area (Å²) in [5, 5.41) is 6.64. The number of hydrogen-bond donors (Lipinski definition) is 2. The highest BCUT2D eigenvalue weighted by atomic mass is 127. The first-order valence-electron chi connectivity index (χ1n) is 10.4. The van der Waals surface area contributed by atoms with Crippen molar-refractivity contribution in [2.24, 2.45) is 10.9 Å². The van der Waals surface area contributed by atoms with E-state index in [1.165, 1.54) is 37.1 Å². The molecule has 3 rings (SSSR count). The van der Waals surface area contributed by atoms with Crippen molar-refractivity contribution in [3.8, 4) is 0 Å². The molecule has 0 atom stereocenters. The molecule has 6 heteroatoms. The number of nitrogens with zero attached hydrogens (tertiary/aromatic N) is 3. The van der Waals surface area contributed by atoms with Crippen LogP contribution in [0.25, 0.3) is 0 Å². The molecule has 5 nitrogen and oxygen atoms in total. The summed E-state index contributed by atoms with van der Waals surface area (Å²) >= 11 is 0. The summed E-state index contributed by atoms with van der Waals surface area (Å²) < 4.78 is 0. The number of piperidine rings is 1. The van der Waals surface area contributed by atoms with E-state index >= 15 is 0 Å². The molecule has 0 bridgehead atoms. The predicted octanol–water partition coefficient (Wildman–Crippen LogP) is 4.19. The summed E-state index contributed by atoms with van der Waals surface area (Å²) in [6.07, 6.45) is 4.46. The van der Waals surface area contributed by atoms with E-state index in [9.17, 15) is 0 Å². The fourth-order valence-electron chi connectivity index (χ4n) is 3.42. The molecule has 0 aliphatic carbocycles. The van der Waals surface area contributed by atoms with Crippen LogP contribution in [0.4, 0.5) is 0 Å². The Morgan fingerprint density at radius 1 is 1.07 bits per heavy atom. The van der Waals surface area contributed by atoms with Gasteiger partial charge in [0.1, 0.15) is 0 Å².